The number of rotatable bonds is 0. The average molecular weight is 387 g/mol. The van der Waals surface area contributed by atoms with E-state index in [4.69, 9.17) is 4.99 Å². The van der Waals surface area contributed by atoms with Crippen LogP contribution in [0.15, 0.2) is 94.2 Å². The fraction of sp³-hybridized carbons (Fsp3) is 0. The fourth-order valence-corrected chi connectivity index (χ4v) is 4.03. The van der Waals surface area contributed by atoms with Gasteiger partial charge in [-0.25, -0.2) is 9.98 Å². The van der Waals surface area contributed by atoms with Crippen molar-refractivity contribution in [1.29, 1.82) is 0 Å². The number of aromatic amines is 1. The first-order valence-electron chi connectivity index (χ1n) is 9.82. The molecule has 0 saturated heterocycles. The molecule has 0 amide bonds. The normalized spacial score (nSPS) is 16.5. The lowest BCUT2D eigenvalue weighted by atomic mass is 10.1. The van der Waals surface area contributed by atoms with E-state index in [0.717, 1.165) is 55.8 Å². The summed E-state index contributed by atoms with van der Waals surface area (Å²) >= 11 is 0. The molecule has 1 aromatic heterocycles. The maximum atomic E-state index is 11.1. The largest absolute Gasteiger partial charge is 0.507 e. The van der Waals surface area contributed by atoms with Crippen LogP contribution in [0.2, 0.25) is 0 Å². The van der Waals surface area contributed by atoms with Crippen molar-refractivity contribution < 1.29 is 5.11 Å². The van der Waals surface area contributed by atoms with Crippen LogP contribution in [0.3, 0.4) is 0 Å². The van der Waals surface area contributed by atoms with Gasteiger partial charge in [-0.15, -0.1) is 0 Å². The van der Waals surface area contributed by atoms with Gasteiger partial charge < -0.3 is 10.1 Å². The highest BCUT2D eigenvalue weighted by atomic mass is 16.3. The summed E-state index contributed by atoms with van der Waals surface area (Å²) in [5.74, 6) is 0.262. The standard InChI is InChI=1S/C26H17N3O/c30-26-24-14-20-10-8-18(28-20)12-16-6-7-17(27-16)13-19-9-11-21(29-19)15-25(26)23-5-3-1-2-4-22(23)24/h1-15,28,30H. The lowest BCUT2D eigenvalue weighted by Gasteiger charge is -1.97. The zero-order valence-electron chi connectivity index (χ0n) is 16.0. The fourth-order valence-electron chi connectivity index (χ4n) is 4.03. The molecule has 142 valence electrons. The van der Waals surface area contributed by atoms with Crippen LogP contribution in [0.1, 0.15) is 11.1 Å². The predicted molar refractivity (Wildman–Crippen MR) is 122 cm³/mol. The Kier molecular flexibility index (Phi) is 3.59. The Morgan fingerprint density at radius 2 is 1.20 bits per heavy atom. The van der Waals surface area contributed by atoms with Crippen LogP contribution in [-0.4, -0.2) is 21.5 Å². The zero-order valence-corrected chi connectivity index (χ0v) is 16.0. The number of nitrogens with one attached hydrogen (secondary N) is 1. The molecule has 0 fully saturated rings. The molecule has 0 spiro atoms. The molecule has 30 heavy (non-hydrogen) atoms. The van der Waals surface area contributed by atoms with Gasteiger partial charge in [-0.1, -0.05) is 30.3 Å². The molecule has 0 atom stereocenters. The van der Waals surface area contributed by atoms with Crippen molar-refractivity contribution in [1.82, 2.24) is 4.98 Å². The smallest absolute Gasteiger partial charge is 0.131 e. The third-order valence-corrected chi connectivity index (χ3v) is 5.42. The van der Waals surface area contributed by atoms with Gasteiger partial charge in [0.2, 0.25) is 0 Å². The predicted octanol–water partition coefficient (Wildman–Crippen LogP) is 3.69. The number of H-pyrrole nitrogens is 1. The Morgan fingerprint density at radius 3 is 1.93 bits per heavy atom. The summed E-state index contributed by atoms with van der Waals surface area (Å²) in [6, 6.07) is 14.1. The van der Waals surface area contributed by atoms with E-state index < -0.39 is 0 Å². The van der Waals surface area contributed by atoms with Crippen molar-refractivity contribution in [2.75, 3.05) is 0 Å². The number of aliphatic imine (C=N–C) groups is 2. The Morgan fingerprint density at radius 1 is 0.600 bits per heavy atom. The highest BCUT2D eigenvalue weighted by Gasteiger charge is 2.20. The Bertz CT molecular complexity index is 1490. The summed E-state index contributed by atoms with van der Waals surface area (Å²) in [5, 5.41) is 13.0. The van der Waals surface area contributed by atoms with Crippen LogP contribution in [0.25, 0.3) is 29.4 Å². The van der Waals surface area contributed by atoms with E-state index in [1.54, 1.807) is 0 Å². The number of allylic oxidation sites excluding steroid dienone is 5. The second-order valence-electron chi connectivity index (χ2n) is 7.45. The minimum absolute atomic E-state index is 0.262. The molecule has 0 radical (unpaired) electrons. The summed E-state index contributed by atoms with van der Waals surface area (Å²) in [7, 11) is 0. The van der Waals surface area contributed by atoms with E-state index in [1.807, 2.05) is 91.1 Å². The first-order valence-corrected chi connectivity index (χ1v) is 9.82. The molecule has 1 aromatic rings. The molecule has 2 N–H and O–H groups in total. The van der Waals surface area contributed by atoms with E-state index in [1.165, 1.54) is 0 Å². The molecule has 8 bridgehead atoms. The number of nitrogens with zero attached hydrogens (tertiary/aromatic N) is 2. The number of aromatic hydroxyl groups is 1. The van der Waals surface area contributed by atoms with Crippen molar-refractivity contribution in [3.8, 4) is 16.9 Å². The van der Waals surface area contributed by atoms with Crippen molar-refractivity contribution in [2.24, 2.45) is 9.98 Å². The van der Waals surface area contributed by atoms with Gasteiger partial charge in [0, 0.05) is 21.8 Å². The van der Waals surface area contributed by atoms with Gasteiger partial charge in [0.15, 0.2) is 0 Å². The van der Waals surface area contributed by atoms with E-state index in [-0.39, 0.29) is 5.75 Å². The number of hydrogen-bond acceptors (Lipinski definition) is 3. The minimum Gasteiger partial charge on any atom is -0.507 e. The average Bonchev–Trinajstić information content (AvgIpc) is 3.48. The minimum atomic E-state index is 0.262. The molecule has 4 heterocycles. The van der Waals surface area contributed by atoms with E-state index in [0.29, 0.717) is 0 Å². The van der Waals surface area contributed by atoms with E-state index in [9.17, 15) is 5.11 Å². The number of aromatic nitrogens is 1. The van der Waals surface area contributed by atoms with Gasteiger partial charge in [0.05, 0.1) is 22.8 Å². The highest BCUT2D eigenvalue weighted by molar-refractivity contribution is 6.19. The molecule has 6 rings (SSSR count). The summed E-state index contributed by atoms with van der Waals surface area (Å²) in [4.78, 5) is 12.7. The second-order valence-corrected chi connectivity index (χ2v) is 7.45. The Labute approximate surface area is 173 Å². The summed E-state index contributed by atoms with van der Waals surface area (Å²) in [5.41, 5.74) is 6.94. The first-order chi connectivity index (χ1) is 14.7. The maximum Gasteiger partial charge on any atom is 0.131 e. The van der Waals surface area contributed by atoms with Crippen molar-refractivity contribution in [2.45, 2.75) is 0 Å². The summed E-state index contributed by atoms with van der Waals surface area (Å²) in [6.45, 7) is 0. The van der Waals surface area contributed by atoms with Crippen LogP contribution < -0.4 is 10.7 Å². The van der Waals surface area contributed by atoms with Crippen molar-refractivity contribution in [3.05, 3.63) is 106 Å². The van der Waals surface area contributed by atoms with Gasteiger partial charge in [-0.2, -0.15) is 0 Å². The molecule has 4 heteroatoms. The molecular formula is C26H17N3O. The topological polar surface area (TPSA) is 60.7 Å². The number of hydrogen-bond donors (Lipinski definition) is 2. The van der Waals surface area contributed by atoms with Gasteiger partial charge in [0.25, 0.3) is 0 Å². The van der Waals surface area contributed by atoms with Crippen molar-refractivity contribution in [3.63, 3.8) is 0 Å². The van der Waals surface area contributed by atoms with Crippen LogP contribution >= 0.6 is 0 Å². The molecule has 0 aromatic carbocycles. The van der Waals surface area contributed by atoms with Gasteiger partial charge in [-0.3, -0.25) is 0 Å². The Balaban J connectivity index is 1.68. The quantitative estimate of drug-likeness (QED) is 0.607. The van der Waals surface area contributed by atoms with Crippen LogP contribution in [-0.2, 0) is 0 Å². The van der Waals surface area contributed by atoms with Crippen molar-refractivity contribution >= 4 is 29.7 Å². The van der Waals surface area contributed by atoms with E-state index in [2.05, 4.69) is 9.98 Å². The lowest BCUT2D eigenvalue weighted by Crippen LogP contribution is -2.10. The van der Waals surface area contributed by atoms with Crippen LogP contribution in [0.5, 0.6) is 5.75 Å². The van der Waals surface area contributed by atoms with Crippen LogP contribution in [0.4, 0.5) is 0 Å². The molecule has 5 aliphatic rings. The van der Waals surface area contributed by atoms with Gasteiger partial charge in [0.1, 0.15) is 5.75 Å². The third-order valence-electron chi connectivity index (χ3n) is 5.42. The van der Waals surface area contributed by atoms with Crippen LogP contribution in [0, 0.1) is 0 Å². The number of fused-ring (bicyclic) bond motifs is 9. The molecule has 3 aliphatic heterocycles. The molecule has 4 nitrogen and oxygen atoms in total. The van der Waals surface area contributed by atoms with Gasteiger partial charge in [-0.05, 0) is 71.9 Å². The molecular weight excluding hydrogens is 370 g/mol. The highest BCUT2D eigenvalue weighted by Crippen LogP contribution is 2.43. The van der Waals surface area contributed by atoms with Gasteiger partial charge >= 0.3 is 0 Å². The third kappa shape index (κ3) is 2.78. The van der Waals surface area contributed by atoms with E-state index >= 15 is 0 Å². The molecule has 0 unspecified atom stereocenters. The summed E-state index contributed by atoms with van der Waals surface area (Å²) in [6.07, 6.45) is 15.8. The molecule has 0 saturated carbocycles. The monoisotopic (exact) mass is 387 g/mol. The zero-order chi connectivity index (χ0) is 20.1. The second kappa shape index (κ2) is 6.42. The molecule has 2 aliphatic carbocycles. The first kappa shape index (κ1) is 16.7. The SMILES string of the molecule is Oc1c2c3cccccc-3c1C=c1ccc([nH]1)=CC1=NC(=CC3=NC(=C2)C=C3)C=C1. The lowest BCUT2D eigenvalue weighted by molar-refractivity contribution is 0.475. The Hall–Kier alpha value is -4.18. The summed E-state index contributed by atoms with van der Waals surface area (Å²) < 4.78 is 0. The maximum absolute atomic E-state index is 11.1.